The van der Waals surface area contributed by atoms with E-state index in [2.05, 4.69) is 0 Å². The number of furan rings is 1. The van der Waals surface area contributed by atoms with Crippen molar-refractivity contribution in [1.82, 2.24) is 0 Å². The van der Waals surface area contributed by atoms with Crippen molar-refractivity contribution in [3.05, 3.63) is 60.4 Å². The molecule has 0 saturated heterocycles. The SMILES string of the molecule is Nc1ccccc1OCC(=O)c1cc2ccccc2o1. The van der Waals surface area contributed by atoms with Crippen LogP contribution in [0.4, 0.5) is 5.69 Å². The summed E-state index contributed by atoms with van der Waals surface area (Å²) in [6.07, 6.45) is 0. The highest BCUT2D eigenvalue weighted by atomic mass is 16.5. The number of ether oxygens (including phenoxy) is 1. The van der Waals surface area contributed by atoms with E-state index in [1.54, 1.807) is 24.3 Å². The number of para-hydroxylation sites is 3. The van der Waals surface area contributed by atoms with Gasteiger partial charge in [0.15, 0.2) is 12.4 Å². The lowest BCUT2D eigenvalue weighted by molar-refractivity contribution is 0.0896. The van der Waals surface area contributed by atoms with Gasteiger partial charge in [-0.2, -0.15) is 0 Å². The summed E-state index contributed by atoms with van der Waals surface area (Å²) in [5, 5.41) is 0.898. The zero-order chi connectivity index (χ0) is 13.9. The number of Topliss-reactive ketones (excluding diaryl/α,β-unsaturated/α-hetero) is 1. The monoisotopic (exact) mass is 267 g/mol. The fourth-order valence-corrected chi connectivity index (χ4v) is 1.95. The van der Waals surface area contributed by atoms with Crippen molar-refractivity contribution >= 4 is 22.4 Å². The van der Waals surface area contributed by atoms with Gasteiger partial charge >= 0.3 is 0 Å². The molecule has 2 N–H and O–H groups in total. The van der Waals surface area contributed by atoms with Crippen molar-refractivity contribution < 1.29 is 13.9 Å². The smallest absolute Gasteiger partial charge is 0.235 e. The van der Waals surface area contributed by atoms with Crippen molar-refractivity contribution in [1.29, 1.82) is 0 Å². The molecule has 1 heterocycles. The van der Waals surface area contributed by atoms with Gasteiger partial charge in [-0.25, -0.2) is 0 Å². The standard InChI is InChI=1S/C16H13NO3/c17-12-6-2-4-8-15(12)19-10-13(18)16-9-11-5-1-3-7-14(11)20-16/h1-9H,10,17H2. The molecule has 0 amide bonds. The van der Waals surface area contributed by atoms with E-state index < -0.39 is 0 Å². The van der Waals surface area contributed by atoms with Gasteiger partial charge in [-0.3, -0.25) is 4.79 Å². The molecule has 1 aromatic heterocycles. The third-order valence-electron chi connectivity index (χ3n) is 2.98. The van der Waals surface area contributed by atoms with E-state index in [-0.39, 0.29) is 12.4 Å². The molecular formula is C16H13NO3. The summed E-state index contributed by atoms with van der Waals surface area (Å²) in [5.41, 5.74) is 6.94. The predicted molar refractivity (Wildman–Crippen MR) is 76.9 cm³/mol. The van der Waals surface area contributed by atoms with Crippen LogP contribution in [-0.4, -0.2) is 12.4 Å². The van der Waals surface area contributed by atoms with Crippen LogP contribution in [0.3, 0.4) is 0 Å². The minimum Gasteiger partial charge on any atom is -0.483 e. The van der Waals surface area contributed by atoms with Crippen LogP contribution in [0.5, 0.6) is 5.75 Å². The fourth-order valence-electron chi connectivity index (χ4n) is 1.95. The van der Waals surface area contributed by atoms with Gasteiger partial charge in [0.1, 0.15) is 11.3 Å². The lowest BCUT2D eigenvalue weighted by Crippen LogP contribution is -2.11. The van der Waals surface area contributed by atoms with Crippen molar-refractivity contribution in [3.63, 3.8) is 0 Å². The number of benzene rings is 2. The molecule has 4 heteroatoms. The number of carbonyl (C=O) groups excluding carboxylic acids is 1. The highest BCUT2D eigenvalue weighted by Crippen LogP contribution is 2.22. The van der Waals surface area contributed by atoms with Crippen LogP contribution in [0, 0.1) is 0 Å². The van der Waals surface area contributed by atoms with Crippen molar-refractivity contribution in [3.8, 4) is 5.75 Å². The van der Waals surface area contributed by atoms with Gasteiger partial charge in [-0.15, -0.1) is 0 Å². The molecule has 0 aliphatic carbocycles. The van der Waals surface area contributed by atoms with Crippen LogP contribution in [0.1, 0.15) is 10.6 Å². The molecule has 0 atom stereocenters. The fraction of sp³-hybridized carbons (Fsp3) is 0.0625. The van der Waals surface area contributed by atoms with Crippen molar-refractivity contribution in [2.45, 2.75) is 0 Å². The second-order valence-corrected chi connectivity index (χ2v) is 4.40. The Morgan fingerprint density at radius 1 is 1.10 bits per heavy atom. The molecule has 0 unspecified atom stereocenters. The number of carbonyl (C=O) groups is 1. The second-order valence-electron chi connectivity index (χ2n) is 4.40. The molecule has 0 saturated carbocycles. The Hall–Kier alpha value is -2.75. The van der Waals surface area contributed by atoms with Gasteiger partial charge in [0.05, 0.1) is 5.69 Å². The largest absolute Gasteiger partial charge is 0.483 e. The maximum atomic E-state index is 12.0. The van der Waals surface area contributed by atoms with E-state index in [1.807, 2.05) is 30.3 Å². The Labute approximate surface area is 115 Å². The first kappa shape index (κ1) is 12.3. The summed E-state index contributed by atoms with van der Waals surface area (Å²) in [6.45, 7) is -0.103. The molecule has 3 rings (SSSR count). The number of fused-ring (bicyclic) bond motifs is 1. The van der Waals surface area contributed by atoms with E-state index in [1.165, 1.54) is 0 Å². The minimum atomic E-state index is -0.218. The number of nitrogens with two attached hydrogens (primary N) is 1. The second kappa shape index (κ2) is 5.09. The highest BCUT2D eigenvalue weighted by molar-refractivity contribution is 5.98. The van der Waals surface area contributed by atoms with E-state index in [9.17, 15) is 4.79 Å². The molecule has 100 valence electrons. The van der Waals surface area contributed by atoms with E-state index >= 15 is 0 Å². The summed E-state index contributed by atoms with van der Waals surface area (Å²) in [5.74, 6) is 0.571. The molecule has 4 nitrogen and oxygen atoms in total. The van der Waals surface area contributed by atoms with Gasteiger partial charge < -0.3 is 14.9 Å². The molecular weight excluding hydrogens is 254 g/mol. The van der Waals surface area contributed by atoms with Gasteiger partial charge in [-0.05, 0) is 24.3 Å². The van der Waals surface area contributed by atoms with Crippen molar-refractivity contribution in [2.75, 3.05) is 12.3 Å². The maximum absolute atomic E-state index is 12.0. The maximum Gasteiger partial charge on any atom is 0.235 e. The van der Waals surface area contributed by atoms with Crippen LogP contribution in [0.15, 0.2) is 59.0 Å². The first-order valence-electron chi connectivity index (χ1n) is 6.23. The summed E-state index contributed by atoms with van der Waals surface area (Å²) >= 11 is 0. The summed E-state index contributed by atoms with van der Waals surface area (Å²) in [6, 6.07) is 16.3. The molecule has 0 bridgehead atoms. The number of ketones is 1. The van der Waals surface area contributed by atoms with E-state index in [0.29, 0.717) is 22.8 Å². The predicted octanol–water partition coefficient (Wildman–Crippen LogP) is 3.28. The van der Waals surface area contributed by atoms with Crippen LogP contribution in [-0.2, 0) is 0 Å². The Morgan fingerprint density at radius 3 is 2.65 bits per heavy atom. The zero-order valence-electron chi connectivity index (χ0n) is 10.7. The van der Waals surface area contributed by atoms with Gasteiger partial charge in [-0.1, -0.05) is 30.3 Å². The van der Waals surface area contributed by atoms with Crippen molar-refractivity contribution in [2.24, 2.45) is 0 Å². The zero-order valence-corrected chi connectivity index (χ0v) is 10.7. The van der Waals surface area contributed by atoms with E-state index in [4.69, 9.17) is 14.9 Å². The Balaban J connectivity index is 1.75. The Bertz CT molecular complexity index is 728. The topological polar surface area (TPSA) is 65.5 Å². The quantitative estimate of drug-likeness (QED) is 0.582. The molecule has 0 radical (unpaired) electrons. The van der Waals surface area contributed by atoms with Crippen LogP contribution in [0.25, 0.3) is 11.0 Å². The lowest BCUT2D eigenvalue weighted by Gasteiger charge is -2.06. The minimum absolute atomic E-state index is 0.103. The lowest BCUT2D eigenvalue weighted by atomic mass is 10.2. The summed E-state index contributed by atoms with van der Waals surface area (Å²) < 4.78 is 10.9. The van der Waals surface area contributed by atoms with Gasteiger partial charge in [0, 0.05) is 5.39 Å². The molecule has 0 aliphatic rings. The normalized spacial score (nSPS) is 10.6. The number of anilines is 1. The molecule has 3 aromatic rings. The van der Waals surface area contributed by atoms with Gasteiger partial charge in [0.2, 0.25) is 5.78 Å². The third kappa shape index (κ3) is 2.36. The highest BCUT2D eigenvalue weighted by Gasteiger charge is 2.13. The number of rotatable bonds is 4. The molecule has 20 heavy (non-hydrogen) atoms. The van der Waals surface area contributed by atoms with Crippen LogP contribution < -0.4 is 10.5 Å². The first-order valence-corrected chi connectivity index (χ1v) is 6.23. The number of hydrogen-bond acceptors (Lipinski definition) is 4. The first-order chi connectivity index (χ1) is 9.74. The third-order valence-corrected chi connectivity index (χ3v) is 2.98. The molecule has 2 aromatic carbocycles. The average Bonchev–Trinajstić information content (AvgIpc) is 2.90. The van der Waals surface area contributed by atoms with Crippen LogP contribution in [0.2, 0.25) is 0 Å². The van der Waals surface area contributed by atoms with Crippen LogP contribution >= 0.6 is 0 Å². The Morgan fingerprint density at radius 2 is 1.85 bits per heavy atom. The van der Waals surface area contributed by atoms with Gasteiger partial charge in [0.25, 0.3) is 0 Å². The molecule has 0 aliphatic heterocycles. The Kier molecular flexibility index (Phi) is 3.13. The summed E-state index contributed by atoms with van der Waals surface area (Å²) in [4.78, 5) is 12.0. The van der Waals surface area contributed by atoms with E-state index in [0.717, 1.165) is 5.39 Å². The number of nitrogen functional groups attached to an aromatic ring is 1. The molecule has 0 fully saturated rings. The average molecular weight is 267 g/mol. The molecule has 0 spiro atoms. The summed E-state index contributed by atoms with van der Waals surface area (Å²) in [7, 11) is 0. The number of hydrogen-bond donors (Lipinski definition) is 1.